The first kappa shape index (κ1) is 8.91. The second-order valence-electron chi connectivity index (χ2n) is 3.12. The highest BCUT2D eigenvalue weighted by Gasteiger charge is 2.04. The summed E-state index contributed by atoms with van der Waals surface area (Å²) in [6.07, 6.45) is 8.11. The Balaban J connectivity index is 2.66. The summed E-state index contributed by atoms with van der Waals surface area (Å²) in [6.45, 7) is 0. The van der Waals surface area contributed by atoms with Crippen molar-refractivity contribution < 1.29 is 0 Å². The first-order chi connectivity index (χ1) is 6.18. The molecule has 0 saturated carbocycles. The van der Waals surface area contributed by atoms with Gasteiger partial charge in [0.05, 0.1) is 5.02 Å². The van der Waals surface area contributed by atoms with Gasteiger partial charge in [0.25, 0.3) is 0 Å². The van der Waals surface area contributed by atoms with Gasteiger partial charge in [0.15, 0.2) is 0 Å². The molecule has 0 aliphatic carbocycles. The number of pyridine rings is 1. The van der Waals surface area contributed by atoms with Crippen LogP contribution in [0.15, 0.2) is 23.4 Å². The molecular formula is C9H11ClN2S. The molecular weight excluding hydrogens is 204 g/mol. The van der Waals surface area contributed by atoms with E-state index in [9.17, 15) is 0 Å². The molecule has 0 fully saturated rings. The van der Waals surface area contributed by atoms with Crippen molar-refractivity contribution in [3.05, 3.63) is 23.5 Å². The summed E-state index contributed by atoms with van der Waals surface area (Å²) in [7, 11) is -0.0973. The van der Waals surface area contributed by atoms with Crippen LogP contribution in [0.4, 0.5) is 0 Å². The third kappa shape index (κ3) is 1.54. The number of nitrogens with zero attached hydrogens (tertiary/aromatic N) is 1. The van der Waals surface area contributed by atoms with Crippen molar-refractivity contribution in [1.29, 1.82) is 0 Å². The predicted octanol–water partition coefficient (Wildman–Crippen LogP) is 2.84. The van der Waals surface area contributed by atoms with Crippen LogP contribution in [0.5, 0.6) is 0 Å². The summed E-state index contributed by atoms with van der Waals surface area (Å²) < 4.78 is 0. The highest BCUT2D eigenvalue weighted by molar-refractivity contribution is 8.15. The second kappa shape index (κ2) is 3.24. The number of rotatable bonds is 1. The maximum absolute atomic E-state index is 5.99. The van der Waals surface area contributed by atoms with Gasteiger partial charge in [-0.3, -0.25) is 0 Å². The number of H-pyrrole nitrogens is 1. The number of halogens is 1. The second-order valence-corrected chi connectivity index (χ2v) is 5.83. The first-order valence-corrected chi connectivity index (χ1v) is 6.60. The molecule has 0 spiro atoms. The molecule has 0 atom stereocenters. The Morgan fingerprint density at radius 3 is 2.92 bits per heavy atom. The molecule has 0 aliphatic rings. The molecule has 0 unspecified atom stereocenters. The topological polar surface area (TPSA) is 28.7 Å². The Hall–Kier alpha value is -0.670. The molecule has 0 amide bonds. The van der Waals surface area contributed by atoms with Crippen molar-refractivity contribution in [3.63, 3.8) is 0 Å². The summed E-state index contributed by atoms with van der Waals surface area (Å²) in [5.41, 5.74) is 0.866. The molecule has 13 heavy (non-hydrogen) atoms. The monoisotopic (exact) mass is 214 g/mol. The molecule has 0 aliphatic heterocycles. The zero-order valence-corrected chi connectivity index (χ0v) is 9.15. The van der Waals surface area contributed by atoms with E-state index < -0.39 is 0 Å². The van der Waals surface area contributed by atoms with E-state index in [0.29, 0.717) is 0 Å². The normalized spacial score (nSPS) is 12.1. The van der Waals surface area contributed by atoms with E-state index in [2.05, 4.69) is 28.5 Å². The molecule has 2 aromatic rings. The van der Waals surface area contributed by atoms with Gasteiger partial charge in [-0.25, -0.2) is 15.9 Å². The molecule has 2 aromatic heterocycles. The molecule has 0 bridgehead atoms. The molecule has 4 heteroatoms. The van der Waals surface area contributed by atoms with E-state index in [4.69, 9.17) is 11.6 Å². The Bertz CT molecular complexity index is 436. The van der Waals surface area contributed by atoms with Crippen molar-refractivity contribution in [2.24, 2.45) is 0 Å². The Labute approximate surface area is 84.7 Å². The average molecular weight is 215 g/mol. The van der Waals surface area contributed by atoms with Gasteiger partial charge in [-0.15, -0.1) is 0 Å². The number of hydrogen-bond acceptors (Lipinski definition) is 1. The summed E-state index contributed by atoms with van der Waals surface area (Å²) >= 11 is 5.99. The zero-order chi connectivity index (χ0) is 9.42. The zero-order valence-electron chi connectivity index (χ0n) is 7.50. The fraction of sp³-hybridized carbons (Fsp3) is 0.222. The minimum Gasteiger partial charge on any atom is -0.345 e. The van der Waals surface area contributed by atoms with Crippen molar-refractivity contribution in [1.82, 2.24) is 9.97 Å². The highest BCUT2D eigenvalue weighted by atomic mass is 35.5. The molecule has 2 rings (SSSR count). The van der Waals surface area contributed by atoms with E-state index in [-0.39, 0.29) is 10.9 Å². The average Bonchev–Trinajstić information content (AvgIpc) is 2.47. The number of thiol groups is 1. The number of aromatic nitrogens is 2. The molecule has 2 nitrogen and oxygen atoms in total. The van der Waals surface area contributed by atoms with Gasteiger partial charge in [0.2, 0.25) is 0 Å². The number of aromatic amines is 1. The van der Waals surface area contributed by atoms with Gasteiger partial charge in [-0.05, 0) is 18.6 Å². The van der Waals surface area contributed by atoms with Gasteiger partial charge in [0, 0.05) is 22.7 Å². The maximum Gasteiger partial charge on any atom is 0.138 e. The van der Waals surface area contributed by atoms with Crippen LogP contribution in [0.25, 0.3) is 11.0 Å². The highest BCUT2D eigenvalue weighted by Crippen LogP contribution is 2.31. The van der Waals surface area contributed by atoms with Crippen LogP contribution in [0, 0.1) is 0 Å². The fourth-order valence-electron chi connectivity index (χ4n) is 1.20. The summed E-state index contributed by atoms with van der Waals surface area (Å²) in [6, 6.07) is 2.12. The molecule has 70 valence electrons. The molecule has 2 heterocycles. The van der Waals surface area contributed by atoms with Crippen molar-refractivity contribution in [3.8, 4) is 0 Å². The lowest BCUT2D eigenvalue weighted by Gasteiger charge is -2.08. The lowest BCUT2D eigenvalue weighted by Crippen LogP contribution is -1.81. The Morgan fingerprint density at radius 1 is 1.46 bits per heavy atom. The van der Waals surface area contributed by atoms with E-state index in [0.717, 1.165) is 16.1 Å². The van der Waals surface area contributed by atoms with E-state index in [1.165, 1.54) is 4.90 Å². The van der Waals surface area contributed by atoms with Crippen molar-refractivity contribution >= 4 is 33.5 Å². The minimum atomic E-state index is -0.0973. The van der Waals surface area contributed by atoms with Gasteiger partial charge < -0.3 is 4.98 Å². The predicted molar refractivity (Wildman–Crippen MR) is 60.2 cm³/mol. The number of nitrogens with one attached hydrogen (secondary N) is 1. The minimum absolute atomic E-state index is 0.0973. The Kier molecular flexibility index (Phi) is 2.22. The van der Waals surface area contributed by atoms with Crippen LogP contribution in [-0.2, 0) is 0 Å². The van der Waals surface area contributed by atoms with Gasteiger partial charge in [-0.2, -0.15) is 0 Å². The Morgan fingerprint density at radius 2 is 2.23 bits per heavy atom. The van der Waals surface area contributed by atoms with Crippen LogP contribution < -0.4 is 0 Å². The third-order valence-corrected chi connectivity index (χ3v) is 3.57. The summed E-state index contributed by atoms with van der Waals surface area (Å²) in [5, 5.41) is 1.77. The quantitative estimate of drug-likeness (QED) is 0.703. The summed E-state index contributed by atoms with van der Waals surface area (Å²) in [5.74, 6) is 0. The molecule has 0 radical (unpaired) electrons. The van der Waals surface area contributed by atoms with Crippen LogP contribution in [0.1, 0.15) is 0 Å². The molecule has 0 aromatic carbocycles. The maximum atomic E-state index is 5.99. The van der Waals surface area contributed by atoms with E-state index in [1.807, 2.05) is 6.20 Å². The van der Waals surface area contributed by atoms with Gasteiger partial charge >= 0.3 is 0 Å². The smallest absolute Gasteiger partial charge is 0.138 e. The number of fused-ring (bicyclic) bond motifs is 1. The van der Waals surface area contributed by atoms with Gasteiger partial charge in [0.1, 0.15) is 5.65 Å². The van der Waals surface area contributed by atoms with Gasteiger partial charge in [-0.1, -0.05) is 11.6 Å². The fourth-order valence-corrected chi connectivity index (χ4v) is 2.08. The summed E-state index contributed by atoms with van der Waals surface area (Å²) in [4.78, 5) is 8.60. The SMILES string of the molecule is C[SH](C)c1cnc2[nH]cc(Cl)c2c1. The van der Waals surface area contributed by atoms with Crippen LogP contribution in [-0.4, -0.2) is 22.5 Å². The van der Waals surface area contributed by atoms with Crippen molar-refractivity contribution in [2.75, 3.05) is 12.5 Å². The number of hydrogen-bond donors (Lipinski definition) is 2. The molecule has 1 N–H and O–H groups in total. The van der Waals surface area contributed by atoms with E-state index in [1.54, 1.807) is 6.20 Å². The third-order valence-electron chi connectivity index (χ3n) is 1.98. The first-order valence-electron chi connectivity index (χ1n) is 3.98. The van der Waals surface area contributed by atoms with E-state index >= 15 is 0 Å². The lowest BCUT2D eigenvalue weighted by molar-refractivity contribution is 1.26. The molecule has 0 saturated heterocycles. The standard InChI is InChI=1S/C9H11ClN2S/c1-13(2)6-3-7-8(10)5-12-9(7)11-4-6/h3-5,13H,1-2H3,(H,11,12). The van der Waals surface area contributed by atoms with Crippen LogP contribution >= 0.6 is 22.5 Å². The van der Waals surface area contributed by atoms with Crippen molar-refractivity contribution in [2.45, 2.75) is 4.90 Å². The largest absolute Gasteiger partial charge is 0.345 e. The lowest BCUT2D eigenvalue weighted by atomic mass is 10.3. The van der Waals surface area contributed by atoms with Crippen LogP contribution in [0.2, 0.25) is 5.02 Å². The van der Waals surface area contributed by atoms with Crippen LogP contribution in [0.3, 0.4) is 0 Å².